The van der Waals surface area contributed by atoms with Crippen LogP contribution in [0.1, 0.15) is 46.0 Å². The Hall–Kier alpha value is -3.01. The molecular weight excluding hydrogens is 470 g/mol. The van der Waals surface area contributed by atoms with Crippen molar-refractivity contribution in [1.82, 2.24) is 15.1 Å². The standard InChI is InChI=1S/C26H34F2N4O4/c1-16-14-32(15-17(2)35-16)26(34)24(29)19-5-3-8-22(19)30-13-23(33)31-11-9-18(10-12-31)36-25-20(27)6-4-7-21(25)28/h4,6-7,16-18,29-30H,3,5,8-15H2,1-2H3/t16-,17+. The Kier molecular flexibility index (Phi) is 8.23. The van der Waals surface area contributed by atoms with Gasteiger partial charge >= 0.3 is 0 Å². The second-order valence-corrected chi connectivity index (χ2v) is 9.76. The number of nitrogens with zero attached hydrogens (tertiary/aromatic N) is 2. The van der Waals surface area contributed by atoms with Gasteiger partial charge in [-0.1, -0.05) is 6.07 Å². The summed E-state index contributed by atoms with van der Waals surface area (Å²) in [5.74, 6) is -2.24. The van der Waals surface area contributed by atoms with Gasteiger partial charge in [-0.2, -0.15) is 0 Å². The normalized spacial score (nSPS) is 23.1. The number of morpholine rings is 1. The van der Waals surface area contributed by atoms with E-state index in [9.17, 15) is 18.4 Å². The number of carbonyl (C=O) groups is 2. The molecule has 3 aliphatic rings. The molecule has 2 aliphatic heterocycles. The summed E-state index contributed by atoms with van der Waals surface area (Å²) in [6, 6.07) is 3.60. The van der Waals surface area contributed by atoms with Gasteiger partial charge in [0, 0.05) is 50.3 Å². The number of ether oxygens (including phenoxy) is 2. The fourth-order valence-corrected chi connectivity index (χ4v) is 5.12. The van der Waals surface area contributed by atoms with E-state index >= 15 is 0 Å². The SMILES string of the molecule is C[C@@H]1CN(C(=O)C(=N)C2=C(NCC(=O)N3CCC(Oc4c(F)cccc4F)CC3)CCC2)C[C@H](C)O1. The van der Waals surface area contributed by atoms with Crippen molar-refractivity contribution < 1.29 is 27.8 Å². The Morgan fingerprint density at radius 2 is 1.72 bits per heavy atom. The maximum atomic E-state index is 13.9. The van der Waals surface area contributed by atoms with Crippen LogP contribution in [-0.4, -0.2) is 78.4 Å². The predicted molar refractivity (Wildman–Crippen MR) is 130 cm³/mol. The highest BCUT2D eigenvalue weighted by atomic mass is 19.1. The average molecular weight is 505 g/mol. The third-order valence-corrected chi connectivity index (χ3v) is 6.89. The number of piperidine rings is 1. The number of hydrogen-bond donors (Lipinski definition) is 2. The van der Waals surface area contributed by atoms with Gasteiger partial charge in [-0.25, -0.2) is 8.78 Å². The molecule has 0 bridgehead atoms. The van der Waals surface area contributed by atoms with Gasteiger partial charge in [0.25, 0.3) is 5.91 Å². The Morgan fingerprint density at radius 1 is 1.08 bits per heavy atom. The molecule has 8 nitrogen and oxygen atoms in total. The van der Waals surface area contributed by atoms with Crippen LogP contribution >= 0.6 is 0 Å². The molecule has 0 saturated carbocycles. The molecule has 2 N–H and O–H groups in total. The third-order valence-electron chi connectivity index (χ3n) is 6.89. The molecule has 2 heterocycles. The van der Waals surface area contributed by atoms with E-state index in [1.54, 1.807) is 9.80 Å². The molecule has 0 unspecified atom stereocenters. The van der Waals surface area contributed by atoms with Gasteiger partial charge in [-0.05, 0) is 45.2 Å². The van der Waals surface area contributed by atoms with Crippen molar-refractivity contribution >= 4 is 17.5 Å². The van der Waals surface area contributed by atoms with Crippen molar-refractivity contribution in [2.45, 2.75) is 64.3 Å². The zero-order valence-electron chi connectivity index (χ0n) is 20.8. The summed E-state index contributed by atoms with van der Waals surface area (Å²) < 4.78 is 38.9. The maximum absolute atomic E-state index is 13.9. The first kappa shape index (κ1) is 26.1. The summed E-state index contributed by atoms with van der Waals surface area (Å²) in [6.07, 6.45) is 2.59. The van der Waals surface area contributed by atoms with Crippen molar-refractivity contribution in [3.8, 4) is 5.75 Å². The quantitative estimate of drug-likeness (QED) is 0.557. The highest BCUT2D eigenvalue weighted by molar-refractivity contribution is 6.44. The molecule has 0 aromatic heterocycles. The number of allylic oxidation sites excluding steroid dienone is 1. The summed E-state index contributed by atoms with van der Waals surface area (Å²) in [7, 11) is 0. The second kappa shape index (κ2) is 11.4. The predicted octanol–water partition coefficient (Wildman–Crippen LogP) is 3.02. The first-order valence-corrected chi connectivity index (χ1v) is 12.6. The molecular formula is C26H34F2N4O4. The van der Waals surface area contributed by atoms with E-state index < -0.39 is 11.6 Å². The minimum absolute atomic E-state index is 0.0120. The number of rotatable bonds is 7. The van der Waals surface area contributed by atoms with Crippen LogP contribution in [0.15, 0.2) is 29.5 Å². The van der Waals surface area contributed by atoms with Crippen molar-refractivity contribution in [2.24, 2.45) is 0 Å². The van der Waals surface area contributed by atoms with E-state index in [0.29, 0.717) is 57.4 Å². The maximum Gasteiger partial charge on any atom is 0.272 e. The summed E-state index contributed by atoms with van der Waals surface area (Å²) >= 11 is 0. The van der Waals surface area contributed by atoms with E-state index in [0.717, 1.165) is 24.3 Å². The van der Waals surface area contributed by atoms with Crippen LogP contribution in [0.3, 0.4) is 0 Å². The van der Waals surface area contributed by atoms with Crippen molar-refractivity contribution in [1.29, 1.82) is 5.41 Å². The second-order valence-electron chi connectivity index (χ2n) is 9.76. The number of amides is 2. The topological polar surface area (TPSA) is 95.0 Å². The fourth-order valence-electron chi connectivity index (χ4n) is 5.12. The number of nitrogens with one attached hydrogen (secondary N) is 2. The largest absolute Gasteiger partial charge is 0.484 e. The van der Waals surface area contributed by atoms with Crippen molar-refractivity contribution in [2.75, 3.05) is 32.7 Å². The number of carbonyl (C=O) groups excluding carboxylic acids is 2. The zero-order valence-corrected chi connectivity index (χ0v) is 20.8. The Labute approximate surface area is 210 Å². The van der Waals surface area contributed by atoms with Crippen LogP contribution in [0.4, 0.5) is 8.78 Å². The van der Waals surface area contributed by atoms with Crippen LogP contribution in [0.2, 0.25) is 0 Å². The van der Waals surface area contributed by atoms with Crippen LogP contribution in [-0.2, 0) is 14.3 Å². The molecule has 4 rings (SSSR count). The minimum Gasteiger partial charge on any atom is -0.484 e. The lowest BCUT2D eigenvalue weighted by Gasteiger charge is -2.35. The lowest BCUT2D eigenvalue weighted by Crippen LogP contribution is -2.50. The molecule has 2 fully saturated rings. The van der Waals surface area contributed by atoms with Crippen LogP contribution in [0.5, 0.6) is 5.75 Å². The van der Waals surface area contributed by atoms with Gasteiger partial charge in [-0.15, -0.1) is 0 Å². The van der Waals surface area contributed by atoms with E-state index in [-0.39, 0.29) is 48.1 Å². The zero-order chi connectivity index (χ0) is 25.8. The molecule has 2 saturated heterocycles. The summed E-state index contributed by atoms with van der Waals surface area (Å²) in [5, 5.41) is 11.7. The van der Waals surface area contributed by atoms with E-state index in [2.05, 4.69) is 5.32 Å². The molecule has 1 aromatic carbocycles. The molecule has 2 amide bonds. The van der Waals surface area contributed by atoms with Gasteiger partial charge in [0.1, 0.15) is 11.8 Å². The Morgan fingerprint density at radius 3 is 2.36 bits per heavy atom. The molecule has 0 spiro atoms. The first-order valence-electron chi connectivity index (χ1n) is 12.6. The van der Waals surface area contributed by atoms with Crippen molar-refractivity contribution in [3.63, 3.8) is 0 Å². The number of likely N-dealkylation sites (tertiary alicyclic amines) is 1. The molecule has 36 heavy (non-hydrogen) atoms. The van der Waals surface area contributed by atoms with Crippen molar-refractivity contribution in [3.05, 3.63) is 41.1 Å². The van der Waals surface area contributed by atoms with E-state index in [1.165, 1.54) is 6.07 Å². The third kappa shape index (κ3) is 6.03. The Balaban J connectivity index is 1.28. The summed E-state index contributed by atoms with van der Waals surface area (Å²) in [5.41, 5.74) is 1.45. The summed E-state index contributed by atoms with van der Waals surface area (Å²) in [4.78, 5) is 29.1. The lowest BCUT2D eigenvalue weighted by atomic mass is 10.1. The van der Waals surface area contributed by atoms with Crippen LogP contribution in [0, 0.1) is 17.0 Å². The number of halogens is 2. The monoisotopic (exact) mass is 504 g/mol. The van der Waals surface area contributed by atoms with Crippen LogP contribution in [0.25, 0.3) is 0 Å². The fraction of sp³-hybridized carbons (Fsp3) is 0.577. The molecule has 0 radical (unpaired) electrons. The number of benzene rings is 1. The molecule has 2 atom stereocenters. The summed E-state index contributed by atoms with van der Waals surface area (Å²) in [6.45, 7) is 5.68. The van der Waals surface area contributed by atoms with Gasteiger partial charge in [0.2, 0.25) is 5.91 Å². The molecule has 1 aliphatic carbocycles. The lowest BCUT2D eigenvalue weighted by molar-refractivity contribution is -0.136. The van der Waals surface area contributed by atoms with E-state index in [1.807, 2.05) is 13.8 Å². The minimum atomic E-state index is -0.736. The average Bonchev–Trinajstić information content (AvgIpc) is 3.32. The van der Waals surface area contributed by atoms with Gasteiger partial charge < -0.3 is 24.6 Å². The van der Waals surface area contributed by atoms with Crippen LogP contribution < -0.4 is 10.1 Å². The number of para-hydroxylation sites is 1. The van der Waals surface area contributed by atoms with E-state index in [4.69, 9.17) is 14.9 Å². The van der Waals surface area contributed by atoms with Gasteiger partial charge in [0.05, 0.1) is 18.8 Å². The number of hydrogen-bond acceptors (Lipinski definition) is 6. The Bertz CT molecular complexity index is 1010. The van der Waals surface area contributed by atoms with Gasteiger partial charge in [-0.3, -0.25) is 15.0 Å². The molecule has 196 valence electrons. The molecule has 10 heteroatoms. The smallest absolute Gasteiger partial charge is 0.272 e. The molecule has 1 aromatic rings. The first-order chi connectivity index (χ1) is 17.2. The highest BCUT2D eigenvalue weighted by Gasteiger charge is 2.32. The van der Waals surface area contributed by atoms with Gasteiger partial charge in [0.15, 0.2) is 17.4 Å². The highest BCUT2D eigenvalue weighted by Crippen LogP contribution is 2.27.